The summed E-state index contributed by atoms with van der Waals surface area (Å²) in [6.45, 7) is 9.54. The molecular formula is C17H29BrO4PdS28. The Bertz CT molecular complexity index is 2030. The maximum absolute atomic E-state index is 9.00. The Morgan fingerprint density at radius 2 is 0.725 bits per heavy atom. The minimum atomic E-state index is -0.833. The van der Waals surface area contributed by atoms with Gasteiger partial charge in [0, 0.05) is 292 Å². The van der Waals surface area contributed by atoms with E-state index in [1.807, 2.05) is 44.0 Å². The Kier molecular flexibility index (Phi) is 136. The molecular weight excluding hydrogens is 1350 g/mol. The molecule has 306 valence electrons. The van der Waals surface area contributed by atoms with Gasteiger partial charge in [0.15, 0.2) is 0 Å². The van der Waals surface area contributed by atoms with Crippen molar-refractivity contribution in [3.05, 3.63) is 23.2 Å². The molecule has 0 unspecified atom stereocenters. The molecule has 4 nitrogen and oxygen atoms in total. The number of allylic oxidation sites excluding steroid dienone is 3. The molecule has 2 N–H and O–H groups in total. The summed E-state index contributed by atoms with van der Waals surface area (Å²) in [5.41, 5.74) is 0. The van der Waals surface area contributed by atoms with Crippen LogP contribution in [0.4, 0.5) is 0 Å². The van der Waals surface area contributed by atoms with Gasteiger partial charge in [-0.2, -0.15) is 0 Å². The smallest absolute Gasteiger partial charge is 0.300 e. The average Bonchev–Trinajstić information content (AvgIpc) is 3.06. The maximum atomic E-state index is 9.00. The van der Waals surface area contributed by atoms with E-state index in [2.05, 4.69) is 40.1 Å². The summed E-state index contributed by atoms with van der Waals surface area (Å²) in [6, 6.07) is 0. The molecule has 0 atom stereocenters. The molecule has 0 aliphatic heterocycles. The van der Waals surface area contributed by atoms with Gasteiger partial charge in [-0.3, -0.25) is 9.59 Å². The number of carbonyl (C=O) groups is 2. The number of halogens is 1. The van der Waals surface area contributed by atoms with Crippen molar-refractivity contribution in [2.24, 2.45) is 0 Å². The van der Waals surface area contributed by atoms with Crippen molar-refractivity contribution >= 4 is 286 Å². The van der Waals surface area contributed by atoms with Gasteiger partial charge in [0.2, 0.25) is 0 Å². The minimum Gasteiger partial charge on any atom is -0.481 e. The standard InChI is InChI=1S/C6H8.C3H5Br.C3H4.2C2H4O2.CH4.Pd.S15.S13/c1-3-5-6-4-2;1-2-3-4;1-3-2;2*1-2(3)4;;;1-3-5-7-9-11-13-15-14-12-10-8-6-4-2;1-3-5-7-9-11-13-12-10-8-6-4-2/h3,5H,1-2H3;2-3H,1H3;1H,2H3;2*1H3,(H,3,4);1H4;;;/b5-3+;3-2+;;;;;;;. The first kappa shape index (κ1) is 76.5. The van der Waals surface area contributed by atoms with Crippen molar-refractivity contribution < 1.29 is 40.2 Å². The Labute approximate surface area is 413 Å². The molecule has 0 aliphatic rings. The fourth-order valence-corrected chi connectivity index (χ4v) is 55.3. The molecule has 34 heteroatoms. The second-order valence-corrected chi connectivity index (χ2v) is 47.3. The van der Waals surface area contributed by atoms with E-state index >= 15 is 0 Å². The number of hydrogen-bond donors (Lipinski definition) is 2. The Balaban J connectivity index is -0.0000000629. The zero-order valence-electron chi connectivity index (χ0n) is 25.2. The zero-order valence-corrected chi connectivity index (χ0v) is 51.2. The van der Waals surface area contributed by atoms with Crippen molar-refractivity contribution in [2.75, 3.05) is 0 Å². The van der Waals surface area contributed by atoms with Crippen LogP contribution in [-0.4, -0.2) is 22.2 Å². The summed E-state index contributed by atoms with van der Waals surface area (Å²) in [5.74, 6) is 6.08. The third kappa shape index (κ3) is 161. The molecule has 0 spiro atoms. The van der Waals surface area contributed by atoms with Gasteiger partial charge < -0.3 is 10.2 Å². The van der Waals surface area contributed by atoms with E-state index in [0.29, 0.717) is 0 Å². The van der Waals surface area contributed by atoms with Gasteiger partial charge >= 0.3 is 0 Å². The molecule has 0 bridgehead atoms. The van der Waals surface area contributed by atoms with Gasteiger partial charge in [0.25, 0.3) is 11.9 Å². The molecule has 0 saturated carbocycles. The summed E-state index contributed by atoms with van der Waals surface area (Å²) < 4.78 is 0. The number of aliphatic carboxylic acids is 2. The third-order valence-electron chi connectivity index (χ3n) is 1.13. The molecule has 0 aliphatic carbocycles. The number of rotatable bonds is 0. The Morgan fingerprint density at radius 3 is 0.804 bits per heavy atom. The van der Waals surface area contributed by atoms with Gasteiger partial charge in [0.05, 0.1) is 0 Å². The molecule has 0 aromatic rings. The summed E-state index contributed by atoms with van der Waals surface area (Å²) in [4.78, 5) is 19.8. The fourth-order valence-electron chi connectivity index (χ4n) is 0.393. The first-order valence-electron chi connectivity index (χ1n) is 10.1. The molecule has 0 rings (SSSR count). The Hall–Kier alpha value is 4.84. The predicted molar refractivity (Wildman–Crippen MR) is 306 cm³/mol. The molecule has 0 aromatic carbocycles. The molecule has 0 fully saturated rings. The van der Waals surface area contributed by atoms with Crippen LogP contribution in [0.2, 0.25) is 0 Å². The summed E-state index contributed by atoms with van der Waals surface area (Å²) >= 11 is 21.9. The molecule has 0 heterocycles. The zero-order chi connectivity index (χ0) is 39.1. The number of carboxylic acids is 2. The van der Waals surface area contributed by atoms with Crippen LogP contribution >= 0.6 is 15.9 Å². The minimum absolute atomic E-state index is 0. The van der Waals surface area contributed by atoms with Gasteiger partial charge in [-0.15, -0.1) is 18.3 Å². The van der Waals surface area contributed by atoms with Crippen LogP contribution in [0.5, 0.6) is 0 Å². The molecule has 0 amide bonds. The first-order chi connectivity index (χ1) is 23.5. The van der Waals surface area contributed by atoms with Crippen molar-refractivity contribution in [3.8, 4) is 24.2 Å². The fraction of sp³-hybridized carbons (Fsp3) is 0.412. The SMILES string of the molecule is C.C#CC.C/C=C/Br.CC#C/C=C/C.CC(=O)O.CC(=O)O.S=S=S=S=S=S=S=S=S=S=S=S=S.S=S=S=S=S=S=S=S=S=S=S=S=S=S=S.[Pd]. The quantitative estimate of drug-likeness (QED) is 0.263. The van der Waals surface area contributed by atoms with E-state index < -0.39 is 11.9 Å². The van der Waals surface area contributed by atoms with E-state index in [1.54, 1.807) is 185 Å². The van der Waals surface area contributed by atoms with Gasteiger partial charge in [-0.25, -0.2) is 0 Å². The van der Waals surface area contributed by atoms with Crippen LogP contribution in [0.3, 0.4) is 0 Å². The first-order valence-corrected chi connectivity index (χ1v) is 45.6. The second-order valence-electron chi connectivity index (χ2n) is 4.31. The van der Waals surface area contributed by atoms with E-state index in [9.17, 15) is 0 Å². The average molecular weight is 1380 g/mol. The van der Waals surface area contributed by atoms with Gasteiger partial charge in [0.1, 0.15) is 0 Å². The van der Waals surface area contributed by atoms with Crippen molar-refractivity contribution in [3.63, 3.8) is 0 Å². The molecule has 51 heavy (non-hydrogen) atoms. The number of terminal acetylenes is 1. The second kappa shape index (κ2) is 90.8. The molecule has 0 radical (unpaired) electrons. The van der Waals surface area contributed by atoms with Gasteiger partial charge in [-0.05, 0) is 38.8 Å². The van der Waals surface area contributed by atoms with E-state index in [1.165, 1.54) is 35.5 Å². The van der Waals surface area contributed by atoms with Crippen LogP contribution in [0.25, 0.3) is 0 Å². The predicted octanol–water partition coefficient (Wildman–Crippen LogP) is 4.89. The van der Waals surface area contributed by atoms with Gasteiger partial charge in [-0.1, -0.05) is 41.4 Å². The Morgan fingerprint density at radius 1 is 0.569 bits per heavy atom. The van der Waals surface area contributed by atoms with Crippen molar-refractivity contribution in [1.29, 1.82) is 0 Å². The summed E-state index contributed by atoms with van der Waals surface area (Å²) in [6.07, 6.45) is 10.2. The normalized spacial score (nSPS) is 6.71. The monoisotopic (exact) mass is 1380 g/mol. The van der Waals surface area contributed by atoms with Crippen molar-refractivity contribution in [1.82, 2.24) is 0 Å². The summed E-state index contributed by atoms with van der Waals surface area (Å²) in [5, 5.41) is 14.8. The van der Waals surface area contributed by atoms with E-state index in [-0.39, 0.29) is 27.8 Å². The van der Waals surface area contributed by atoms with Crippen LogP contribution in [0.1, 0.15) is 49.0 Å². The largest absolute Gasteiger partial charge is 0.481 e. The summed E-state index contributed by atoms with van der Waals surface area (Å²) in [7, 11) is 39.8. The maximum Gasteiger partial charge on any atom is 0.300 e. The third-order valence-corrected chi connectivity index (χ3v) is 50.5. The number of carboxylic acid groups (broad SMARTS) is 2. The molecule has 0 saturated heterocycles. The van der Waals surface area contributed by atoms with E-state index in [0.717, 1.165) is 13.8 Å². The number of hydrogen-bond acceptors (Lipinski definition) is 6. The van der Waals surface area contributed by atoms with Crippen molar-refractivity contribution in [2.45, 2.75) is 49.0 Å². The van der Waals surface area contributed by atoms with Crippen LogP contribution < -0.4 is 0 Å². The van der Waals surface area contributed by atoms with Crippen LogP contribution in [-0.2, 0) is 288 Å². The van der Waals surface area contributed by atoms with Crippen LogP contribution in [0, 0.1) is 24.2 Å². The topological polar surface area (TPSA) is 74.6 Å². The van der Waals surface area contributed by atoms with E-state index in [4.69, 9.17) is 64.6 Å². The molecule has 0 aromatic heterocycles. The van der Waals surface area contributed by atoms with Crippen LogP contribution in [0.15, 0.2) is 23.2 Å².